The number of nitrogens with zero attached hydrogens (tertiary/aromatic N) is 3. The van der Waals surface area contributed by atoms with Crippen LogP contribution in [0.5, 0.6) is 0 Å². The number of fused-ring (bicyclic) bond motifs is 1. The average Bonchev–Trinajstić information content (AvgIpc) is 2.80. The summed E-state index contributed by atoms with van der Waals surface area (Å²) in [6, 6.07) is 14.9. The van der Waals surface area contributed by atoms with Gasteiger partial charge < -0.3 is 20.9 Å². The minimum atomic E-state index is 0.400. The number of aromatic nitrogens is 2. The van der Waals surface area contributed by atoms with Crippen molar-refractivity contribution in [3.05, 3.63) is 53.6 Å². The molecule has 0 bridgehead atoms. The second-order valence-corrected chi connectivity index (χ2v) is 9.65. The zero-order chi connectivity index (χ0) is 23.4. The van der Waals surface area contributed by atoms with Crippen LogP contribution in [0.1, 0.15) is 36.8 Å². The first-order valence-corrected chi connectivity index (χ1v) is 12.1. The zero-order valence-electron chi connectivity index (χ0n) is 20.0. The quantitative estimate of drug-likeness (QED) is 0.431. The highest BCUT2D eigenvalue weighted by molar-refractivity contribution is 7.80. The molecule has 0 atom stereocenters. The van der Waals surface area contributed by atoms with Gasteiger partial charge in [-0.15, -0.1) is 0 Å². The van der Waals surface area contributed by atoms with Crippen LogP contribution in [0.25, 0.3) is 10.9 Å². The molecule has 0 unspecified atom stereocenters. The Hall–Kier alpha value is -2.93. The van der Waals surface area contributed by atoms with Crippen molar-refractivity contribution >= 4 is 45.7 Å². The van der Waals surface area contributed by atoms with Gasteiger partial charge in [0.1, 0.15) is 5.82 Å². The average molecular weight is 463 g/mol. The standard InChI is InChI=1S/C26H34N6S/c1-17-8-7-9-18(2)23(17)30-26(33)27-16-19-12-14-20(15-13-19)28-25-29-22-11-6-5-10-21(22)24(31-25)32(3)4/h5-11,19-20H,12-16H2,1-4H3,(H2,27,30,33)(H,28,29,31)/t19-,20+. The lowest BCUT2D eigenvalue weighted by atomic mass is 9.86. The van der Waals surface area contributed by atoms with Gasteiger partial charge in [0.2, 0.25) is 5.95 Å². The monoisotopic (exact) mass is 462 g/mol. The van der Waals surface area contributed by atoms with E-state index in [2.05, 4.69) is 54.1 Å². The van der Waals surface area contributed by atoms with Gasteiger partial charge in [-0.1, -0.05) is 30.3 Å². The van der Waals surface area contributed by atoms with Gasteiger partial charge in [-0.05, 0) is 80.9 Å². The number of hydrogen-bond donors (Lipinski definition) is 3. The Kier molecular flexibility index (Phi) is 7.28. The van der Waals surface area contributed by atoms with Crippen LogP contribution >= 0.6 is 12.2 Å². The molecule has 2 aromatic carbocycles. The van der Waals surface area contributed by atoms with E-state index in [1.165, 1.54) is 11.1 Å². The van der Waals surface area contributed by atoms with E-state index in [4.69, 9.17) is 22.2 Å². The molecular formula is C26H34N6S. The lowest BCUT2D eigenvalue weighted by molar-refractivity contribution is 0.336. The molecule has 1 aromatic heterocycles. The summed E-state index contributed by atoms with van der Waals surface area (Å²) in [5, 5.41) is 12.2. The van der Waals surface area contributed by atoms with Crippen molar-refractivity contribution in [2.45, 2.75) is 45.6 Å². The van der Waals surface area contributed by atoms with Crippen molar-refractivity contribution in [3.8, 4) is 0 Å². The van der Waals surface area contributed by atoms with Crippen molar-refractivity contribution in [1.82, 2.24) is 15.3 Å². The molecule has 3 N–H and O–H groups in total. The molecular weight excluding hydrogens is 428 g/mol. The van der Waals surface area contributed by atoms with Crippen molar-refractivity contribution in [2.75, 3.05) is 36.2 Å². The highest BCUT2D eigenvalue weighted by Crippen LogP contribution is 2.28. The summed E-state index contributed by atoms with van der Waals surface area (Å²) in [6.45, 7) is 5.11. The van der Waals surface area contributed by atoms with Gasteiger partial charge in [0, 0.05) is 37.8 Å². The number of hydrogen-bond acceptors (Lipinski definition) is 5. The van der Waals surface area contributed by atoms with Crippen LogP contribution in [0.2, 0.25) is 0 Å². The summed E-state index contributed by atoms with van der Waals surface area (Å²) < 4.78 is 0. The summed E-state index contributed by atoms with van der Waals surface area (Å²) in [7, 11) is 4.05. The van der Waals surface area contributed by atoms with E-state index in [0.717, 1.165) is 60.6 Å². The minimum Gasteiger partial charge on any atom is -0.362 e. The summed E-state index contributed by atoms with van der Waals surface area (Å²) in [4.78, 5) is 11.6. The number of rotatable bonds is 6. The van der Waals surface area contributed by atoms with Gasteiger partial charge in [-0.25, -0.2) is 4.98 Å². The molecule has 0 saturated heterocycles. The fourth-order valence-corrected chi connectivity index (χ4v) is 4.75. The maximum absolute atomic E-state index is 5.55. The molecule has 1 fully saturated rings. The molecule has 0 amide bonds. The zero-order valence-corrected chi connectivity index (χ0v) is 20.8. The Labute approximate surface area is 202 Å². The van der Waals surface area contributed by atoms with Gasteiger partial charge in [0.15, 0.2) is 5.11 Å². The summed E-state index contributed by atoms with van der Waals surface area (Å²) in [5.41, 5.74) is 4.50. The maximum Gasteiger partial charge on any atom is 0.225 e. The smallest absolute Gasteiger partial charge is 0.225 e. The van der Waals surface area contributed by atoms with Crippen molar-refractivity contribution in [3.63, 3.8) is 0 Å². The fraction of sp³-hybridized carbons (Fsp3) is 0.423. The summed E-state index contributed by atoms with van der Waals surface area (Å²) in [6.07, 6.45) is 4.53. The van der Waals surface area contributed by atoms with Crippen LogP contribution in [0, 0.1) is 19.8 Å². The maximum atomic E-state index is 5.55. The van der Waals surface area contributed by atoms with Crippen LogP contribution in [0.15, 0.2) is 42.5 Å². The molecule has 4 rings (SSSR count). The number of anilines is 3. The van der Waals surface area contributed by atoms with Crippen LogP contribution in [-0.4, -0.2) is 41.8 Å². The SMILES string of the molecule is Cc1cccc(C)c1NC(=S)NC[C@H]1CC[C@@H](Nc2nc(N(C)C)c3ccccc3n2)CC1. The predicted molar refractivity (Wildman–Crippen MR) is 143 cm³/mol. The Morgan fingerprint density at radius 2 is 1.67 bits per heavy atom. The van der Waals surface area contributed by atoms with E-state index >= 15 is 0 Å². The Bertz CT molecular complexity index is 1100. The third kappa shape index (κ3) is 5.71. The van der Waals surface area contributed by atoms with E-state index in [9.17, 15) is 0 Å². The van der Waals surface area contributed by atoms with E-state index in [1.807, 2.05) is 37.2 Å². The van der Waals surface area contributed by atoms with E-state index in [0.29, 0.717) is 17.1 Å². The number of nitrogens with one attached hydrogen (secondary N) is 3. The summed E-state index contributed by atoms with van der Waals surface area (Å²) >= 11 is 5.55. The number of para-hydroxylation sites is 2. The summed E-state index contributed by atoms with van der Waals surface area (Å²) in [5.74, 6) is 2.29. The lowest BCUT2D eigenvalue weighted by Gasteiger charge is -2.30. The van der Waals surface area contributed by atoms with Crippen LogP contribution in [0.3, 0.4) is 0 Å². The molecule has 0 spiro atoms. The first-order chi connectivity index (χ1) is 15.9. The van der Waals surface area contributed by atoms with Gasteiger partial charge >= 0.3 is 0 Å². The fourth-order valence-electron chi connectivity index (χ4n) is 4.57. The van der Waals surface area contributed by atoms with Crippen molar-refractivity contribution in [2.24, 2.45) is 5.92 Å². The molecule has 0 aliphatic heterocycles. The molecule has 6 nitrogen and oxygen atoms in total. The third-order valence-corrected chi connectivity index (χ3v) is 6.70. The van der Waals surface area contributed by atoms with Gasteiger partial charge in [-0.3, -0.25) is 0 Å². The highest BCUT2D eigenvalue weighted by Gasteiger charge is 2.22. The third-order valence-electron chi connectivity index (χ3n) is 6.46. The molecule has 1 aliphatic rings. The number of thiocarbonyl (C=S) groups is 1. The molecule has 3 aromatic rings. The molecule has 1 saturated carbocycles. The number of benzene rings is 2. The van der Waals surface area contributed by atoms with Crippen LogP contribution in [-0.2, 0) is 0 Å². The molecule has 0 radical (unpaired) electrons. The van der Waals surface area contributed by atoms with Gasteiger partial charge in [0.05, 0.1) is 5.52 Å². The predicted octanol–water partition coefficient (Wildman–Crippen LogP) is 5.27. The number of aryl methyl sites for hydroxylation is 2. The molecule has 174 valence electrons. The normalized spacial score (nSPS) is 18.1. The van der Waals surface area contributed by atoms with E-state index in [1.54, 1.807) is 0 Å². The molecule has 1 aliphatic carbocycles. The Morgan fingerprint density at radius 3 is 2.36 bits per heavy atom. The van der Waals surface area contributed by atoms with Gasteiger partial charge in [-0.2, -0.15) is 4.98 Å². The van der Waals surface area contributed by atoms with Crippen molar-refractivity contribution < 1.29 is 0 Å². The van der Waals surface area contributed by atoms with E-state index in [-0.39, 0.29) is 0 Å². The van der Waals surface area contributed by atoms with Crippen molar-refractivity contribution in [1.29, 1.82) is 0 Å². The van der Waals surface area contributed by atoms with Gasteiger partial charge in [0.25, 0.3) is 0 Å². The highest BCUT2D eigenvalue weighted by atomic mass is 32.1. The molecule has 33 heavy (non-hydrogen) atoms. The Morgan fingerprint density at radius 1 is 0.970 bits per heavy atom. The first-order valence-electron chi connectivity index (χ1n) is 11.7. The lowest BCUT2D eigenvalue weighted by Crippen LogP contribution is -2.36. The second-order valence-electron chi connectivity index (χ2n) is 9.25. The minimum absolute atomic E-state index is 0.400. The Balaban J connectivity index is 1.28. The molecule has 7 heteroatoms. The second kappa shape index (κ2) is 10.3. The largest absolute Gasteiger partial charge is 0.362 e. The van der Waals surface area contributed by atoms with Crippen LogP contribution < -0.4 is 20.9 Å². The molecule has 1 heterocycles. The topological polar surface area (TPSA) is 65.1 Å². The first kappa shape index (κ1) is 23.2. The van der Waals surface area contributed by atoms with E-state index < -0.39 is 0 Å². The van der Waals surface area contributed by atoms with Crippen LogP contribution in [0.4, 0.5) is 17.5 Å².